The van der Waals surface area contributed by atoms with E-state index >= 15 is 0 Å². The van der Waals surface area contributed by atoms with Crippen molar-refractivity contribution in [2.45, 2.75) is 39.2 Å². The fourth-order valence-corrected chi connectivity index (χ4v) is 4.01. The third-order valence-corrected chi connectivity index (χ3v) is 5.71. The van der Waals surface area contributed by atoms with Crippen LogP contribution in [0.4, 0.5) is 10.8 Å². The van der Waals surface area contributed by atoms with Gasteiger partial charge in [-0.1, -0.05) is 6.07 Å². The fourth-order valence-electron chi connectivity index (χ4n) is 3.22. The summed E-state index contributed by atoms with van der Waals surface area (Å²) in [5.74, 6) is 1.28. The molecular formula is C21H30N6OS. The van der Waals surface area contributed by atoms with Crippen LogP contribution in [0.2, 0.25) is 0 Å². The molecule has 29 heavy (non-hydrogen) atoms. The molecule has 0 atom stereocenters. The van der Waals surface area contributed by atoms with Gasteiger partial charge < -0.3 is 20.9 Å². The minimum atomic E-state index is -0.0785. The molecule has 7 nitrogen and oxygen atoms in total. The molecule has 156 valence electrons. The molecule has 0 radical (unpaired) electrons. The van der Waals surface area contributed by atoms with Crippen LogP contribution in [0.25, 0.3) is 0 Å². The van der Waals surface area contributed by atoms with E-state index in [9.17, 15) is 4.79 Å². The van der Waals surface area contributed by atoms with Gasteiger partial charge in [-0.2, -0.15) is 0 Å². The highest BCUT2D eigenvalue weighted by Crippen LogP contribution is 2.24. The van der Waals surface area contributed by atoms with Crippen LogP contribution in [0.15, 0.2) is 40.8 Å². The zero-order valence-electron chi connectivity index (χ0n) is 17.1. The second kappa shape index (κ2) is 10.8. The highest BCUT2D eigenvalue weighted by atomic mass is 32.1. The van der Waals surface area contributed by atoms with E-state index in [4.69, 9.17) is 0 Å². The zero-order chi connectivity index (χ0) is 20.5. The van der Waals surface area contributed by atoms with E-state index in [0.717, 1.165) is 44.0 Å². The average Bonchev–Trinajstić information content (AvgIpc) is 3.25. The second-order valence-electron chi connectivity index (χ2n) is 7.14. The van der Waals surface area contributed by atoms with E-state index in [0.29, 0.717) is 24.8 Å². The molecule has 0 bridgehead atoms. The Hall–Kier alpha value is -2.61. The fraction of sp³-hybridized carbons (Fsp3) is 0.476. The van der Waals surface area contributed by atoms with Gasteiger partial charge in [0, 0.05) is 38.3 Å². The van der Waals surface area contributed by atoms with Gasteiger partial charge in [0.1, 0.15) is 5.82 Å². The molecule has 2 aromatic heterocycles. The van der Waals surface area contributed by atoms with Crippen molar-refractivity contribution in [3.8, 4) is 0 Å². The molecule has 3 N–H and O–H groups in total. The van der Waals surface area contributed by atoms with Crippen molar-refractivity contribution >= 4 is 34.0 Å². The van der Waals surface area contributed by atoms with Crippen molar-refractivity contribution in [3.63, 3.8) is 0 Å². The number of guanidine groups is 1. The summed E-state index contributed by atoms with van der Waals surface area (Å²) < 4.78 is 0. The average molecular weight is 415 g/mol. The van der Waals surface area contributed by atoms with Crippen LogP contribution in [-0.4, -0.2) is 49.1 Å². The van der Waals surface area contributed by atoms with Crippen LogP contribution >= 0.6 is 11.3 Å². The van der Waals surface area contributed by atoms with Gasteiger partial charge in [-0.3, -0.25) is 9.79 Å². The molecule has 0 aliphatic carbocycles. The van der Waals surface area contributed by atoms with E-state index in [-0.39, 0.29) is 5.91 Å². The topological polar surface area (TPSA) is 81.6 Å². The normalized spacial score (nSPS) is 15.2. The zero-order valence-corrected chi connectivity index (χ0v) is 18.0. The summed E-state index contributed by atoms with van der Waals surface area (Å²) in [6.07, 6.45) is 4.21. The SMILES string of the molecule is CCNC(=NCCC(=O)Nc1ccc(C)cn1)NC1CCN(c2cccs2)CC1. The van der Waals surface area contributed by atoms with Crippen LogP contribution in [0, 0.1) is 6.92 Å². The van der Waals surface area contributed by atoms with Crippen molar-refractivity contribution in [2.24, 2.45) is 4.99 Å². The Morgan fingerprint density at radius 2 is 2.14 bits per heavy atom. The number of aromatic nitrogens is 1. The van der Waals surface area contributed by atoms with Crippen molar-refractivity contribution < 1.29 is 4.79 Å². The van der Waals surface area contributed by atoms with Crippen molar-refractivity contribution in [1.29, 1.82) is 0 Å². The minimum absolute atomic E-state index is 0.0785. The molecular weight excluding hydrogens is 384 g/mol. The molecule has 8 heteroatoms. The number of carbonyl (C=O) groups is 1. The standard InChI is InChI=1S/C21H30N6OS/c1-3-22-21(23-11-8-19(28)26-18-7-6-16(2)15-24-18)25-17-9-12-27(13-10-17)20-5-4-14-29-20/h4-7,14-15,17H,3,8-13H2,1-2H3,(H2,22,23,25)(H,24,26,28). The Morgan fingerprint density at radius 1 is 1.31 bits per heavy atom. The number of nitrogens with one attached hydrogen (secondary N) is 3. The van der Waals surface area contributed by atoms with Gasteiger partial charge in [0.15, 0.2) is 5.96 Å². The van der Waals surface area contributed by atoms with Gasteiger partial charge in [0.25, 0.3) is 0 Å². The third-order valence-electron chi connectivity index (χ3n) is 4.79. The lowest BCUT2D eigenvalue weighted by molar-refractivity contribution is -0.116. The van der Waals surface area contributed by atoms with E-state index in [1.807, 2.05) is 26.0 Å². The van der Waals surface area contributed by atoms with Gasteiger partial charge in [-0.05, 0) is 55.8 Å². The minimum Gasteiger partial charge on any atom is -0.363 e. The third kappa shape index (κ3) is 6.74. The number of anilines is 2. The van der Waals surface area contributed by atoms with E-state index < -0.39 is 0 Å². The largest absolute Gasteiger partial charge is 0.363 e. The lowest BCUT2D eigenvalue weighted by atomic mass is 10.1. The summed E-state index contributed by atoms with van der Waals surface area (Å²) in [7, 11) is 0. The number of pyridine rings is 1. The van der Waals surface area contributed by atoms with Crippen LogP contribution < -0.4 is 20.9 Å². The molecule has 0 saturated carbocycles. The van der Waals surface area contributed by atoms with Crippen LogP contribution in [0.3, 0.4) is 0 Å². The van der Waals surface area contributed by atoms with Crippen LogP contribution in [-0.2, 0) is 4.79 Å². The highest BCUT2D eigenvalue weighted by molar-refractivity contribution is 7.14. The summed E-state index contributed by atoms with van der Waals surface area (Å²) in [6, 6.07) is 8.42. The number of hydrogen-bond acceptors (Lipinski definition) is 5. The monoisotopic (exact) mass is 414 g/mol. The Labute approximate surface area is 176 Å². The number of aryl methyl sites for hydroxylation is 1. The quantitative estimate of drug-likeness (QED) is 0.479. The number of amides is 1. The Bertz CT molecular complexity index is 782. The summed E-state index contributed by atoms with van der Waals surface area (Å²) in [6.45, 7) is 7.33. The first kappa shape index (κ1) is 21.1. The number of rotatable bonds is 7. The maximum absolute atomic E-state index is 12.1. The Balaban J connectivity index is 1.43. The summed E-state index contributed by atoms with van der Waals surface area (Å²) >= 11 is 1.79. The molecule has 3 heterocycles. The van der Waals surface area contributed by atoms with Gasteiger partial charge in [0.05, 0.1) is 11.5 Å². The van der Waals surface area contributed by atoms with Crippen molar-refractivity contribution in [1.82, 2.24) is 15.6 Å². The maximum Gasteiger partial charge on any atom is 0.227 e. The molecule has 0 spiro atoms. The van der Waals surface area contributed by atoms with Crippen LogP contribution in [0.1, 0.15) is 31.7 Å². The molecule has 0 unspecified atom stereocenters. The lowest BCUT2D eigenvalue weighted by Gasteiger charge is -2.33. The Morgan fingerprint density at radius 3 is 2.79 bits per heavy atom. The molecule has 1 aliphatic rings. The molecule has 1 amide bonds. The molecule has 1 saturated heterocycles. The summed E-state index contributed by atoms with van der Waals surface area (Å²) in [4.78, 5) is 23.3. The molecule has 0 aromatic carbocycles. The van der Waals surface area contributed by atoms with Gasteiger partial charge in [0.2, 0.25) is 5.91 Å². The van der Waals surface area contributed by atoms with E-state index in [1.165, 1.54) is 5.00 Å². The number of nitrogens with zero attached hydrogens (tertiary/aromatic N) is 3. The first-order chi connectivity index (χ1) is 14.1. The molecule has 1 fully saturated rings. The first-order valence-electron chi connectivity index (χ1n) is 10.2. The molecule has 1 aliphatic heterocycles. The Kier molecular flexibility index (Phi) is 7.86. The molecule has 3 rings (SSSR count). The number of carbonyl (C=O) groups excluding carboxylic acids is 1. The highest BCUT2D eigenvalue weighted by Gasteiger charge is 2.20. The van der Waals surface area contributed by atoms with Crippen molar-refractivity contribution in [2.75, 3.05) is 36.4 Å². The lowest BCUT2D eigenvalue weighted by Crippen LogP contribution is -2.48. The second-order valence-corrected chi connectivity index (χ2v) is 8.06. The van der Waals surface area contributed by atoms with E-state index in [1.54, 1.807) is 17.5 Å². The molecule has 2 aromatic rings. The van der Waals surface area contributed by atoms with Crippen molar-refractivity contribution in [3.05, 3.63) is 41.4 Å². The van der Waals surface area contributed by atoms with Gasteiger partial charge in [-0.15, -0.1) is 11.3 Å². The van der Waals surface area contributed by atoms with Gasteiger partial charge in [-0.25, -0.2) is 4.98 Å². The smallest absolute Gasteiger partial charge is 0.227 e. The number of hydrogen-bond donors (Lipinski definition) is 3. The predicted molar refractivity (Wildman–Crippen MR) is 121 cm³/mol. The first-order valence-corrected chi connectivity index (χ1v) is 11.1. The summed E-state index contributed by atoms with van der Waals surface area (Å²) in [5.41, 5.74) is 1.06. The summed E-state index contributed by atoms with van der Waals surface area (Å²) in [5, 5.41) is 13.1. The predicted octanol–water partition coefficient (Wildman–Crippen LogP) is 3.00. The number of thiophene rings is 1. The van der Waals surface area contributed by atoms with Gasteiger partial charge >= 0.3 is 0 Å². The van der Waals surface area contributed by atoms with E-state index in [2.05, 4.69) is 48.3 Å². The number of aliphatic imine (C=N–C) groups is 1. The van der Waals surface area contributed by atoms with Crippen LogP contribution in [0.5, 0.6) is 0 Å². The number of piperidine rings is 1. The maximum atomic E-state index is 12.1.